The van der Waals surface area contributed by atoms with Gasteiger partial charge in [-0.2, -0.15) is 0 Å². The number of benzene rings is 1. The fraction of sp³-hybridized carbons (Fsp3) is 0.500. The number of nitrogens with zero attached hydrogens (tertiary/aromatic N) is 2. The fourth-order valence-corrected chi connectivity index (χ4v) is 4.85. The first-order valence-corrected chi connectivity index (χ1v) is 12.3. The molecule has 156 valence electrons. The zero-order valence-corrected chi connectivity index (χ0v) is 18.7. The number of carbonyl (C=O) groups is 1. The summed E-state index contributed by atoms with van der Waals surface area (Å²) in [5.41, 5.74) is 0. The van der Waals surface area contributed by atoms with Crippen LogP contribution in [0.2, 0.25) is 0 Å². The number of fused-ring (bicyclic) bond motifs is 1. The normalized spacial score (nSPS) is 11.1. The first-order chi connectivity index (χ1) is 14.3. The van der Waals surface area contributed by atoms with Crippen molar-refractivity contribution in [1.29, 1.82) is 0 Å². The molecule has 5 nitrogen and oxygen atoms in total. The molecule has 2 aromatic heterocycles. The van der Waals surface area contributed by atoms with Crippen molar-refractivity contribution in [3.8, 4) is 0 Å². The number of amides is 1. The zero-order valence-electron chi connectivity index (χ0n) is 17.1. The molecule has 0 saturated heterocycles. The third-order valence-electron chi connectivity index (χ3n) is 4.85. The van der Waals surface area contributed by atoms with Crippen LogP contribution in [0.4, 0.5) is 10.3 Å². The standard InChI is InChI=1S/C22H30N4OS2/c1-2-3-4-5-6-7-8-9-12-15-23-21-25-26-22(29-21)24-20(27)19-16-17-13-10-11-14-18(17)28-19/h10-11,13-14,16H,2-9,12,15H2,1H3,(H,23,25)(H,24,26,27). The summed E-state index contributed by atoms with van der Waals surface area (Å²) in [5, 5.41) is 16.8. The number of rotatable bonds is 13. The van der Waals surface area contributed by atoms with Gasteiger partial charge in [-0.1, -0.05) is 87.8 Å². The summed E-state index contributed by atoms with van der Waals surface area (Å²) in [5.74, 6) is -0.132. The van der Waals surface area contributed by atoms with Gasteiger partial charge in [-0.25, -0.2) is 0 Å². The van der Waals surface area contributed by atoms with E-state index in [0.717, 1.165) is 28.2 Å². The van der Waals surface area contributed by atoms with Crippen LogP contribution in [0.25, 0.3) is 10.1 Å². The van der Waals surface area contributed by atoms with Gasteiger partial charge < -0.3 is 5.32 Å². The second-order valence-corrected chi connectivity index (χ2v) is 9.33. The molecule has 1 amide bonds. The molecule has 3 rings (SSSR count). The average molecular weight is 431 g/mol. The topological polar surface area (TPSA) is 66.9 Å². The third kappa shape index (κ3) is 7.08. The van der Waals surface area contributed by atoms with Gasteiger partial charge in [-0.05, 0) is 23.9 Å². The van der Waals surface area contributed by atoms with Crippen molar-refractivity contribution in [1.82, 2.24) is 10.2 Å². The lowest BCUT2D eigenvalue weighted by molar-refractivity contribution is 0.103. The molecule has 1 aromatic carbocycles. The summed E-state index contributed by atoms with van der Waals surface area (Å²) in [7, 11) is 0. The van der Waals surface area contributed by atoms with Crippen molar-refractivity contribution in [3.63, 3.8) is 0 Å². The van der Waals surface area contributed by atoms with E-state index < -0.39 is 0 Å². The van der Waals surface area contributed by atoms with Crippen LogP contribution in [0.15, 0.2) is 30.3 Å². The molecule has 7 heteroatoms. The van der Waals surface area contributed by atoms with Gasteiger partial charge in [0.1, 0.15) is 0 Å². The van der Waals surface area contributed by atoms with Crippen LogP contribution in [0, 0.1) is 0 Å². The summed E-state index contributed by atoms with van der Waals surface area (Å²) < 4.78 is 1.11. The van der Waals surface area contributed by atoms with Crippen LogP contribution in [0.1, 0.15) is 74.4 Å². The number of nitrogens with one attached hydrogen (secondary N) is 2. The van der Waals surface area contributed by atoms with Crippen molar-refractivity contribution in [2.75, 3.05) is 17.2 Å². The lowest BCUT2D eigenvalue weighted by Crippen LogP contribution is -2.09. The Hall–Kier alpha value is -1.99. The molecule has 0 fully saturated rings. The molecule has 0 spiro atoms. The monoisotopic (exact) mass is 430 g/mol. The predicted octanol–water partition coefficient (Wildman–Crippen LogP) is 6.95. The van der Waals surface area contributed by atoms with Gasteiger partial charge in [0.15, 0.2) is 0 Å². The van der Waals surface area contributed by atoms with Crippen LogP contribution in [-0.4, -0.2) is 22.6 Å². The lowest BCUT2D eigenvalue weighted by Gasteiger charge is -2.03. The van der Waals surface area contributed by atoms with E-state index in [2.05, 4.69) is 27.8 Å². The zero-order chi connectivity index (χ0) is 20.3. The summed E-state index contributed by atoms with van der Waals surface area (Å²) >= 11 is 2.87. The highest BCUT2D eigenvalue weighted by molar-refractivity contribution is 7.21. The number of hydrogen-bond acceptors (Lipinski definition) is 6. The van der Waals surface area contributed by atoms with Crippen molar-refractivity contribution in [2.24, 2.45) is 0 Å². The SMILES string of the molecule is CCCCCCCCCCCNc1nnc(NC(=O)c2cc3ccccc3s2)s1. The van der Waals surface area contributed by atoms with Crippen molar-refractivity contribution >= 4 is 48.9 Å². The Kier molecular flexibility index (Phi) is 8.89. The fourth-order valence-electron chi connectivity index (χ4n) is 3.23. The van der Waals surface area contributed by atoms with Gasteiger partial charge in [-0.3, -0.25) is 10.1 Å². The first-order valence-electron chi connectivity index (χ1n) is 10.6. The molecule has 29 heavy (non-hydrogen) atoms. The maximum absolute atomic E-state index is 12.5. The van der Waals surface area contributed by atoms with Crippen LogP contribution in [-0.2, 0) is 0 Å². The lowest BCUT2D eigenvalue weighted by atomic mass is 10.1. The molecule has 0 bridgehead atoms. The number of anilines is 2. The number of carbonyl (C=O) groups excluding carboxylic acids is 1. The molecule has 3 aromatic rings. The van der Waals surface area contributed by atoms with E-state index in [1.165, 1.54) is 74.0 Å². The van der Waals surface area contributed by atoms with Crippen molar-refractivity contribution in [3.05, 3.63) is 35.2 Å². The molecule has 2 N–H and O–H groups in total. The van der Waals surface area contributed by atoms with Crippen molar-refractivity contribution < 1.29 is 4.79 Å². The molecular formula is C22H30N4OS2. The molecule has 0 unspecified atom stereocenters. The number of hydrogen-bond donors (Lipinski definition) is 2. The molecule has 0 aliphatic heterocycles. The van der Waals surface area contributed by atoms with E-state index in [9.17, 15) is 4.79 Å². The highest BCUT2D eigenvalue weighted by Crippen LogP contribution is 2.27. The van der Waals surface area contributed by atoms with Crippen LogP contribution in [0.3, 0.4) is 0 Å². The second kappa shape index (κ2) is 11.9. The summed E-state index contributed by atoms with van der Waals surface area (Å²) in [6.45, 7) is 3.15. The van der Waals surface area contributed by atoms with Gasteiger partial charge in [0, 0.05) is 11.2 Å². The molecule has 0 aliphatic rings. The van der Waals surface area contributed by atoms with Crippen LogP contribution in [0.5, 0.6) is 0 Å². The highest BCUT2D eigenvalue weighted by Gasteiger charge is 2.13. The third-order valence-corrected chi connectivity index (χ3v) is 6.76. The van der Waals surface area contributed by atoms with Gasteiger partial charge in [0.25, 0.3) is 5.91 Å². The summed E-state index contributed by atoms with van der Waals surface area (Å²) in [6.07, 6.45) is 11.9. The molecular weight excluding hydrogens is 400 g/mol. The van der Waals surface area contributed by atoms with Crippen LogP contribution < -0.4 is 10.6 Å². The highest BCUT2D eigenvalue weighted by atomic mass is 32.1. The van der Waals surface area contributed by atoms with Gasteiger partial charge in [0.2, 0.25) is 10.3 Å². The maximum atomic E-state index is 12.5. The van der Waals surface area contributed by atoms with Gasteiger partial charge in [0.05, 0.1) is 4.88 Å². The van der Waals surface area contributed by atoms with E-state index in [1.54, 1.807) is 0 Å². The Bertz CT molecular complexity index is 857. The largest absolute Gasteiger partial charge is 0.360 e. The Labute approximate surface area is 180 Å². The Balaban J connectivity index is 1.32. The first kappa shape index (κ1) is 21.7. The summed E-state index contributed by atoms with van der Waals surface area (Å²) in [6, 6.07) is 9.92. The molecule has 2 heterocycles. The number of thiophene rings is 1. The van der Waals surface area contributed by atoms with Gasteiger partial charge in [-0.15, -0.1) is 21.5 Å². The maximum Gasteiger partial charge on any atom is 0.267 e. The van der Waals surface area contributed by atoms with E-state index in [1.807, 2.05) is 30.3 Å². The number of unbranched alkanes of at least 4 members (excludes halogenated alkanes) is 8. The minimum absolute atomic E-state index is 0.132. The molecule has 0 radical (unpaired) electrons. The smallest absolute Gasteiger partial charge is 0.267 e. The molecule has 0 aliphatic carbocycles. The minimum Gasteiger partial charge on any atom is -0.360 e. The van der Waals surface area contributed by atoms with E-state index in [0.29, 0.717) is 10.0 Å². The van der Waals surface area contributed by atoms with Gasteiger partial charge >= 0.3 is 0 Å². The van der Waals surface area contributed by atoms with Crippen LogP contribution >= 0.6 is 22.7 Å². The Morgan fingerprint density at radius 1 is 0.897 bits per heavy atom. The molecule has 0 saturated carbocycles. The second-order valence-electron chi connectivity index (χ2n) is 7.27. The van der Waals surface area contributed by atoms with E-state index in [-0.39, 0.29) is 5.91 Å². The van der Waals surface area contributed by atoms with E-state index in [4.69, 9.17) is 0 Å². The van der Waals surface area contributed by atoms with E-state index >= 15 is 0 Å². The van der Waals surface area contributed by atoms with Crippen molar-refractivity contribution in [2.45, 2.75) is 64.7 Å². The minimum atomic E-state index is -0.132. The predicted molar refractivity (Wildman–Crippen MR) is 125 cm³/mol. The quantitative estimate of drug-likeness (QED) is 0.288. The number of aromatic nitrogens is 2. The summed E-state index contributed by atoms with van der Waals surface area (Å²) in [4.78, 5) is 13.1. The average Bonchev–Trinajstić information content (AvgIpc) is 3.36. The Morgan fingerprint density at radius 2 is 1.59 bits per heavy atom. The molecule has 0 atom stereocenters. The Morgan fingerprint density at radius 3 is 2.34 bits per heavy atom.